The number of nitrogens with two attached hydrogens (primary N) is 1. The minimum atomic E-state index is -0.604. The highest BCUT2D eigenvalue weighted by Gasteiger charge is 2.24. The van der Waals surface area contributed by atoms with Crippen molar-refractivity contribution in [2.45, 2.75) is 31.8 Å². The summed E-state index contributed by atoms with van der Waals surface area (Å²) in [5.74, 6) is 1.54. The van der Waals surface area contributed by atoms with Gasteiger partial charge in [0.1, 0.15) is 34.6 Å². The predicted molar refractivity (Wildman–Crippen MR) is 174 cm³/mol. The number of amides is 1. The first-order valence-electron chi connectivity index (χ1n) is 14.8. The number of aromatic nitrogens is 1. The standard InChI is InChI=1S/C33H38FN7O4/c1-5-32(42)40-12-9-22(10-13-40)38-29-18-25(28(36-3)19-30(29)43-4)33(35)39-27-7-6-23(16-26(27)34)45-24-8-11-37-31(17-24)41-14-15-44-20-21(41)2/h5-8,11,16-19,21-22,38H,1,3,9-10,12-15,20H2,2,4H3,(H2,35,39)/t21-/m0/s1. The quantitative estimate of drug-likeness (QED) is 0.181. The number of likely N-dealkylation sites (tertiary alicyclic amines) is 1. The number of nitrogens with zero attached hydrogens (tertiary/aromatic N) is 5. The van der Waals surface area contributed by atoms with E-state index in [4.69, 9.17) is 19.9 Å². The predicted octanol–water partition coefficient (Wildman–Crippen LogP) is 5.20. The summed E-state index contributed by atoms with van der Waals surface area (Å²) in [5, 5.41) is 3.49. The van der Waals surface area contributed by atoms with Gasteiger partial charge in [-0.05, 0) is 56.8 Å². The fourth-order valence-corrected chi connectivity index (χ4v) is 5.44. The number of halogens is 1. The van der Waals surface area contributed by atoms with Gasteiger partial charge in [-0.2, -0.15) is 0 Å². The number of morpholine rings is 1. The monoisotopic (exact) mass is 615 g/mol. The van der Waals surface area contributed by atoms with Gasteiger partial charge in [0.15, 0.2) is 5.82 Å². The molecule has 11 nitrogen and oxygen atoms in total. The Hall–Kier alpha value is -4.97. The van der Waals surface area contributed by atoms with E-state index in [1.807, 2.05) is 6.07 Å². The molecule has 3 aromatic rings. The van der Waals surface area contributed by atoms with E-state index >= 15 is 4.39 Å². The van der Waals surface area contributed by atoms with Crippen LogP contribution in [0.5, 0.6) is 17.2 Å². The molecule has 2 aliphatic heterocycles. The summed E-state index contributed by atoms with van der Waals surface area (Å²) in [6, 6.07) is 11.7. The fourth-order valence-electron chi connectivity index (χ4n) is 5.44. The highest BCUT2D eigenvalue weighted by Crippen LogP contribution is 2.35. The second-order valence-electron chi connectivity index (χ2n) is 10.9. The number of rotatable bonds is 10. The van der Waals surface area contributed by atoms with Gasteiger partial charge in [-0.3, -0.25) is 9.79 Å². The number of aliphatic imine (C=N–C) groups is 2. The van der Waals surface area contributed by atoms with Gasteiger partial charge in [-0.1, -0.05) is 6.58 Å². The van der Waals surface area contributed by atoms with Crippen LogP contribution in [0.1, 0.15) is 25.3 Å². The van der Waals surface area contributed by atoms with E-state index in [0.29, 0.717) is 60.5 Å². The lowest BCUT2D eigenvalue weighted by Crippen LogP contribution is -2.44. The second kappa shape index (κ2) is 14.2. The number of ether oxygens (including phenoxy) is 3. The second-order valence-corrected chi connectivity index (χ2v) is 10.9. The van der Waals surface area contributed by atoms with E-state index in [1.165, 1.54) is 18.2 Å². The maximum Gasteiger partial charge on any atom is 0.245 e. The molecule has 12 heteroatoms. The van der Waals surface area contributed by atoms with Crippen LogP contribution in [0.15, 0.2) is 71.3 Å². The molecular formula is C33H38FN7O4. The number of hydrogen-bond acceptors (Lipinski definition) is 9. The Morgan fingerprint density at radius 3 is 2.62 bits per heavy atom. The maximum absolute atomic E-state index is 15.3. The van der Waals surface area contributed by atoms with Gasteiger partial charge in [-0.15, -0.1) is 0 Å². The smallest absolute Gasteiger partial charge is 0.245 e. The topological polar surface area (TPSA) is 127 Å². The van der Waals surface area contributed by atoms with E-state index in [-0.39, 0.29) is 29.5 Å². The number of nitrogens with one attached hydrogen (secondary N) is 1. The number of pyridine rings is 1. The molecule has 3 N–H and O–H groups in total. The van der Waals surface area contributed by atoms with Gasteiger partial charge in [0.25, 0.3) is 0 Å². The average molecular weight is 616 g/mol. The normalized spacial score (nSPS) is 17.5. The third-order valence-electron chi connectivity index (χ3n) is 7.88. The van der Waals surface area contributed by atoms with Crippen LogP contribution in [0, 0.1) is 5.82 Å². The summed E-state index contributed by atoms with van der Waals surface area (Å²) in [6.45, 7) is 12.5. The summed E-state index contributed by atoms with van der Waals surface area (Å²) in [5.41, 5.74) is 8.04. The molecule has 0 bridgehead atoms. The van der Waals surface area contributed by atoms with Crippen LogP contribution in [0.4, 0.5) is 27.3 Å². The van der Waals surface area contributed by atoms with Gasteiger partial charge in [0.05, 0.1) is 37.7 Å². The van der Waals surface area contributed by atoms with E-state index in [9.17, 15) is 4.79 Å². The number of methoxy groups -OCH3 is 1. The zero-order valence-corrected chi connectivity index (χ0v) is 25.5. The first-order chi connectivity index (χ1) is 21.8. The van der Waals surface area contributed by atoms with Crippen LogP contribution in [0.25, 0.3) is 0 Å². The van der Waals surface area contributed by atoms with Gasteiger partial charge in [0.2, 0.25) is 5.91 Å². The van der Waals surface area contributed by atoms with Crippen molar-refractivity contribution in [3.63, 3.8) is 0 Å². The molecule has 1 atom stereocenters. The molecule has 2 saturated heterocycles. The SMILES string of the molecule is C=CC(=O)N1CCC(Nc2cc(C(N)=Nc3ccc(Oc4ccnc(N5CCOC[C@@H]5C)c4)cc3F)c(N=C)cc2OC)CC1. The van der Waals surface area contributed by atoms with Gasteiger partial charge in [0, 0.05) is 55.6 Å². The van der Waals surface area contributed by atoms with E-state index in [0.717, 1.165) is 25.2 Å². The molecule has 1 aromatic heterocycles. The first-order valence-corrected chi connectivity index (χ1v) is 14.8. The van der Waals surface area contributed by atoms with Crippen molar-refractivity contribution >= 4 is 41.3 Å². The van der Waals surface area contributed by atoms with E-state index < -0.39 is 5.82 Å². The average Bonchev–Trinajstić information content (AvgIpc) is 3.06. The summed E-state index contributed by atoms with van der Waals surface area (Å²) in [6.07, 6.45) is 4.49. The van der Waals surface area contributed by atoms with Crippen molar-refractivity contribution in [1.82, 2.24) is 9.88 Å². The van der Waals surface area contributed by atoms with Gasteiger partial charge < -0.3 is 35.1 Å². The largest absolute Gasteiger partial charge is 0.495 e. The zero-order chi connectivity index (χ0) is 31.9. The van der Waals surface area contributed by atoms with Crippen LogP contribution in [-0.2, 0) is 9.53 Å². The van der Waals surface area contributed by atoms with Crippen molar-refractivity contribution in [3.8, 4) is 17.2 Å². The zero-order valence-electron chi connectivity index (χ0n) is 25.5. The lowest BCUT2D eigenvalue weighted by molar-refractivity contribution is -0.126. The molecule has 0 radical (unpaired) electrons. The van der Waals surface area contributed by atoms with Gasteiger partial charge in [-0.25, -0.2) is 14.4 Å². The molecule has 0 aliphatic carbocycles. The summed E-state index contributed by atoms with van der Waals surface area (Å²) in [4.78, 5) is 28.8. The van der Waals surface area contributed by atoms with Crippen LogP contribution in [0.2, 0.25) is 0 Å². The van der Waals surface area contributed by atoms with Crippen molar-refractivity contribution in [1.29, 1.82) is 0 Å². The fraction of sp³-hybridized carbons (Fsp3) is 0.333. The molecule has 236 valence electrons. The highest BCUT2D eigenvalue weighted by atomic mass is 19.1. The van der Waals surface area contributed by atoms with Crippen LogP contribution < -0.4 is 25.4 Å². The third-order valence-corrected chi connectivity index (χ3v) is 7.88. The number of amidine groups is 1. The molecule has 2 aliphatic rings. The maximum atomic E-state index is 15.3. The molecule has 45 heavy (non-hydrogen) atoms. The van der Waals surface area contributed by atoms with Crippen LogP contribution in [-0.4, -0.2) is 80.4 Å². The number of anilines is 2. The van der Waals surface area contributed by atoms with Gasteiger partial charge >= 0.3 is 0 Å². The lowest BCUT2D eigenvalue weighted by atomic mass is 10.0. The van der Waals surface area contributed by atoms with Crippen molar-refractivity contribution in [2.75, 3.05) is 50.2 Å². The number of carbonyl (C=O) groups excluding carboxylic acids is 1. The highest BCUT2D eigenvalue weighted by molar-refractivity contribution is 6.04. The molecule has 2 fully saturated rings. The van der Waals surface area contributed by atoms with Crippen molar-refractivity contribution in [2.24, 2.45) is 15.7 Å². The third kappa shape index (κ3) is 7.40. The molecule has 1 amide bonds. The molecular weight excluding hydrogens is 577 g/mol. The van der Waals surface area contributed by atoms with E-state index in [1.54, 1.807) is 42.5 Å². The molecule has 2 aromatic carbocycles. The minimum Gasteiger partial charge on any atom is -0.495 e. The Labute approximate surface area is 262 Å². The molecule has 0 unspecified atom stereocenters. The molecule has 0 saturated carbocycles. The minimum absolute atomic E-state index is 0.0389. The lowest BCUT2D eigenvalue weighted by Gasteiger charge is -2.34. The first kappa shape index (κ1) is 31.5. The Bertz CT molecular complexity index is 1590. The summed E-state index contributed by atoms with van der Waals surface area (Å²) in [7, 11) is 1.56. The van der Waals surface area contributed by atoms with E-state index in [2.05, 4.69) is 45.4 Å². The number of benzene rings is 2. The number of carbonyl (C=O) groups is 1. The molecule has 3 heterocycles. The van der Waals surface area contributed by atoms with Crippen LogP contribution in [0.3, 0.4) is 0 Å². The Balaban J connectivity index is 1.33. The Morgan fingerprint density at radius 2 is 1.93 bits per heavy atom. The summed E-state index contributed by atoms with van der Waals surface area (Å²) < 4.78 is 32.3. The van der Waals surface area contributed by atoms with Crippen LogP contribution >= 0.6 is 0 Å². The summed E-state index contributed by atoms with van der Waals surface area (Å²) >= 11 is 0. The van der Waals surface area contributed by atoms with Crippen molar-refractivity contribution in [3.05, 3.63) is 72.7 Å². The molecule has 5 rings (SSSR count). The molecule has 0 spiro atoms. The number of hydrogen-bond donors (Lipinski definition) is 2. The number of piperidine rings is 1. The Morgan fingerprint density at radius 1 is 1.16 bits per heavy atom. The Kier molecular flexibility index (Phi) is 9.93. The van der Waals surface area contributed by atoms with Crippen molar-refractivity contribution < 1.29 is 23.4 Å².